The number of nitrogens with zero attached hydrogens (tertiary/aromatic N) is 4. The van der Waals surface area contributed by atoms with Crippen LogP contribution in [-0.2, 0) is 17.9 Å². The molecule has 3 rings (SSSR count). The molecule has 26 heavy (non-hydrogen) atoms. The van der Waals surface area contributed by atoms with E-state index in [0.29, 0.717) is 23.0 Å². The Hall–Kier alpha value is -3.46. The molecule has 0 fully saturated rings. The highest BCUT2D eigenvalue weighted by molar-refractivity contribution is 5.81. The van der Waals surface area contributed by atoms with Crippen LogP contribution in [-0.4, -0.2) is 27.4 Å². The van der Waals surface area contributed by atoms with Crippen molar-refractivity contribution in [3.8, 4) is 6.07 Å². The Morgan fingerprint density at radius 2 is 1.96 bits per heavy atom. The molecule has 1 heterocycles. The summed E-state index contributed by atoms with van der Waals surface area (Å²) >= 11 is 0. The molecule has 2 aromatic carbocycles. The zero-order valence-electron chi connectivity index (χ0n) is 14.6. The Morgan fingerprint density at radius 1 is 1.23 bits per heavy atom. The molecule has 6 heteroatoms. The lowest BCUT2D eigenvalue weighted by molar-refractivity contribution is -0.131. The maximum Gasteiger partial charge on any atom is 0.261 e. The molecule has 0 saturated carbocycles. The van der Waals surface area contributed by atoms with Crippen LogP contribution in [0.1, 0.15) is 16.7 Å². The van der Waals surface area contributed by atoms with Crippen molar-refractivity contribution in [3.05, 3.63) is 75.8 Å². The van der Waals surface area contributed by atoms with Crippen molar-refractivity contribution in [1.29, 1.82) is 5.26 Å². The van der Waals surface area contributed by atoms with Gasteiger partial charge in [0.05, 0.1) is 28.9 Å². The van der Waals surface area contributed by atoms with E-state index in [9.17, 15) is 9.59 Å². The Balaban J connectivity index is 1.76. The first-order chi connectivity index (χ1) is 12.5. The highest BCUT2D eigenvalue weighted by atomic mass is 16.2. The van der Waals surface area contributed by atoms with Crippen LogP contribution in [0.15, 0.2) is 53.6 Å². The Labute approximate surface area is 150 Å². The highest BCUT2D eigenvalue weighted by Gasteiger charge is 2.13. The zero-order chi connectivity index (χ0) is 18.7. The Kier molecular flexibility index (Phi) is 4.81. The summed E-state index contributed by atoms with van der Waals surface area (Å²) in [6.45, 7) is 2.23. The number of hydrogen-bond donors (Lipinski definition) is 0. The van der Waals surface area contributed by atoms with Crippen LogP contribution < -0.4 is 5.56 Å². The van der Waals surface area contributed by atoms with Gasteiger partial charge in [0.15, 0.2) is 0 Å². The van der Waals surface area contributed by atoms with E-state index in [1.165, 1.54) is 10.9 Å². The maximum atomic E-state index is 12.6. The summed E-state index contributed by atoms with van der Waals surface area (Å²) in [6.07, 6.45) is 1.42. The molecular formula is C20H18N4O2. The Bertz CT molecular complexity index is 1060. The number of hydrogen-bond acceptors (Lipinski definition) is 4. The minimum absolute atomic E-state index is 0.0670. The SMILES string of the molecule is Cc1cccc2c(=O)n(CC(=O)N(C)Cc3ccc(C#N)cc3)cnc12. The van der Waals surface area contributed by atoms with Gasteiger partial charge in [0.25, 0.3) is 5.56 Å². The van der Waals surface area contributed by atoms with E-state index in [0.717, 1.165) is 11.1 Å². The van der Waals surface area contributed by atoms with Crippen LogP contribution in [0, 0.1) is 18.3 Å². The monoisotopic (exact) mass is 346 g/mol. The van der Waals surface area contributed by atoms with Gasteiger partial charge in [-0.25, -0.2) is 4.98 Å². The summed E-state index contributed by atoms with van der Waals surface area (Å²) in [6, 6.07) is 14.6. The average molecular weight is 346 g/mol. The second-order valence-electron chi connectivity index (χ2n) is 6.21. The maximum absolute atomic E-state index is 12.6. The second kappa shape index (κ2) is 7.19. The summed E-state index contributed by atoms with van der Waals surface area (Å²) in [5.74, 6) is -0.190. The third-order valence-electron chi connectivity index (χ3n) is 4.29. The summed E-state index contributed by atoms with van der Waals surface area (Å²) in [5, 5.41) is 9.34. The van der Waals surface area contributed by atoms with E-state index in [1.807, 2.05) is 31.2 Å². The lowest BCUT2D eigenvalue weighted by atomic mass is 10.1. The minimum Gasteiger partial charge on any atom is -0.340 e. The molecule has 130 valence electrons. The summed E-state index contributed by atoms with van der Waals surface area (Å²) in [5.41, 5.74) is 2.85. The molecule has 0 spiro atoms. The number of rotatable bonds is 4. The first-order valence-corrected chi connectivity index (χ1v) is 8.17. The lowest BCUT2D eigenvalue weighted by Gasteiger charge is -2.18. The van der Waals surface area contributed by atoms with E-state index < -0.39 is 0 Å². The number of benzene rings is 2. The van der Waals surface area contributed by atoms with Crippen LogP contribution in [0.5, 0.6) is 0 Å². The number of para-hydroxylation sites is 1. The molecule has 0 unspecified atom stereocenters. The number of carbonyl (C=O) groups is 1. The van der Waals surface area contributed by atoms with Gasteiger partial charge in [0.1, 0.15) is 6.54 Å². The normalized spacial score (nSPS) is 10.5. The van der Waals surface area contributed by atoms with Crippen molar-refractivity contribution in [2.45, 2.75) is 20.0 Å². The van der Waals surface area contributed by atoms with Gasteiger partial charge in [-0.2, -0.15) is 5.26 Å². The van der Waals surface area contributed by atoms with Gasteiger partial charge in [0, 0.05) is 13.6 Å². The van der Waals surface area contributed by atoms with E-state index >= 15 is 0 Å². The van der Waals surface area contributed by atoms with Crippen molar-refractivity contribution in [3.63, 3.8) is 0 Å². The van der Waals surface area contributed by atoms with Crippen molar-refractivity contribution in [2.24, 2.45) is 0 Å². The number of aromatic nitrogens is 2. The number of carbonyl (C=O) groups excluding carboxylic acids is 1. The van der Waals surface area contributed by atoms with E-state index in [2.05, 4.69) is 11.1 Å². The standard InChI is InChI=1S/C20H18N4O2/c1-14-4-3-5-17-19(14)22-13-24(20(17)26)12-18(25)23(2)11-16-8-6-15(10-21)7-9-16/h3-9,13H,11-12H2,1-2H3. The summed E-state index contributed by atoms with van der Waals surface area (Å²) in [4.78, 5) is 30.9. The van der Waals surface area contributed by atoms with E-state index in [-0.39, 0.29) is 18.0 Å². The molecule has 0 radical (unpaired) electrons. The van der Waals surface area contributed by atoms with Crippen molar-refractivity contribution in [2.75, 3.05) is 7.05 Å². The predicted octanol–water partition coefficient (Wildman–Crippen LogP) is 2.24. The van der Waals surface area contributed by atoms with Gasteiger partial charge in [-0.1, -0.05) is 24.3 Å². The van der Waals surface area contributed by atoms with Gasteiger partial charge < -0.3 is 4.90 Å². The number of aryl methyl sites for hydroxylation is 1. The third kappa shape index (κ3) is 3.47. The van der Waals surface area contributed by atoms with E-state index in [1.54, 1.807) is 30.1 Å². The van der Waals surface area contributed by atoms with Crippen LogP contribution in [0.4, 0.5) is 0 Å². The minimum atomic E-state index is -0.223. The summed E-state index contributed by atoms with van der Waals surface area (Å²) in [7, 11) is 1.68. The smallest absolute Gasteiger partial charge is 0.261 e. The fraction of sp³-hybridized carbons (Fsp3) is 0.200. The van der Waals surface area contributed by atoms with Gasteiger partial charge in [-0.3, -0.25) is 14.2 Å². The molecule has 1 aromatic heterocycles. The molecule has 0 aliphatic heterocycles. The second-order valence-corrected chi connectivity index (χ2v) is 6.21. The molecule has 0 saturated heterocycles. The largest absolute Gasteiger partial charge is 0.340 e. The topological polar surface area (TPSA) is 79.0 Å². The fourth-order valence-corrected chi connectivity index (χ4v) is 2.76. The molecule has 0 aliphatic rings. The highest BCUT2D eigenvalue weighted by Crippen LogP contribution is 2.11. The molecule has 0 aliphatic carbocycles. The molecule has 0 bridgehead atoms. The third-order valence-corrected chi connectivity index (χ3v) is 4.29. The lowest BCUT2D eigenvalue weighted by Crippen LogP contribution is -2.33. The van der Waals surface area contributed by atoms with Crippen molar-refractivity contribution in [1.82, 2.24) is 14.5 Å². The van der Waals surface area contributed by atoms with Gasteiger partial charge in [-0.15, -0.1) is 0 Å². The van der Waals surface area contributed by atoms with Crippen LogP contribution in [0.2, 0.25) is 0 Å². The molecule has 0 N–H and O–H groups in total. The van der Waals surface area contributed by atoms with E-state index in [4.69, 9.17) is 5.26 Å². The molecule has 3 aromatic rings. The number of nitriles is 1. The average Bonchev–Trinajstić information content (AvgIpc) is 2.65. The van der Waals surface area contributed by atoms with Crippen molar-refractivity contribution < 1.29 is 4.79 Å². The molecule has 0 atom stereocenters. The fourth-order valence-electron chi connectivity index (χ4n) is 2.76. The first kappa shape index (κ1) is 17.4. The van der Waals surface area contributed by atoms with Gasteiger partial charge in [-0.05, 0) is 36.2 Å². The van der Waals surface area contributed by atoms with Crippen molar-refractivity contribution >= 4 is 16.8 Å². The number of fused-ring (bicyclic) bond motifs is 1. The number of amides is 1. The van der Waals surface area contributed by atoms with Crippen LogP contribution in [0.25, 0.3) is 10.9 Å². The quantitative estimate of drug-likeness (QED) is 0.726. The zero-order valence-corrected chi connectivity index (χ0v) is 14.6. The Morgan fingerprint density at radius 3 is 2.65 bits per heavy atom. The van der Waals surface area contributed by atoms with Crippen LogP contribution >= 0.6 is 0 Å². The van der Waals surface area contributed by atoms with Gasteiger partial charge in [0.2, 0.25) is 5.91 Å². The summed E-state index contributed by atoms with van der Waals surface area (Å²) < 4.78 is 1.33. The van der Waals surface area contributed by atoms with Crippen LogP contribution in [0.3, 0.4) is 0 Å². The number of likely N-dealkylation sites (N-methyl/N-ethyl adjacent to an activating group) is 1. The molecule has 1 amide bonds. The molecular weight excluding hydrogens is 328 g/mol. The molecule has 6 nitrogen and oxygen atoms in total. The van der Waals surface area contributed by atoms with Gasteiger partial charge >= 0.3 is 0 Å². The predicted molar refractivity (Wildman–Crippen MR) is 98.4 cm³/mol. The first-order valence-electron chi connectivity index (χ1n) is 8.17.